The van der Waals surface area contributed by atoms with Crippen LogP contribution in [0.25, 0.3) is 22.2 Å². The summed E-state index contributed by atoms with van der Waals surface area (Å²) >= 11 is 5.86. The fourth-order valence-corrected chi connectivity index (χ4v) is 2.72. The zero-order valence-electron chi connectivity index (χ0n) is 10.6. The fourth-order valence-electron chi connectivity index (χ4n) is 2.57. The van der Waals surface area contributed by atoms with E-state index in [1.54, 1.807) is 18.3 Å². The van der Waals surface area contributed by atoms with Gasteiger partial charge in [-0.05, 0) is 48.7 Å². The first-order valence-corrected chi connectivity index (χ1v) is 6.89. The van der Waals surface area contributed by atoms with Crippen LogP contribution in [-0.2, 0) is 0 Å². The van der Waals surface area contributed by atoms with E-state index in [2.05, 4.69) is 14.5 Å². The van der Waals surface area contributed by atoms with Crippen molar-refractivity contribution in [1.82, 2.24) is 14.5 Å². The van der Waals surface area contributed by atoms with Crippen LogP contribution in [0.4, 0.5) is 4.39 Å². The molecule has 4 rings (SSSR count). The Morgan fingerprint density at radius 3 is 2.85 bits per heavy atom. The predicted octanol–water partition coefficient (Wildman–Crippen LogP) is 4.23. The van der Waals surface area contributed by atoms with Gasteiger partial charge in [-0.15, -0.1) is 0 Å². The molecule has 0 radical (unpaired) electrons. The van der Waals surface area contributed by atoms with E-state index in [-0.39, 0.29) is 11.1 Å². The molecule has 0 spiro atoms. The molecule has 1 fully saturated rings. The van der Waals surface area contributed by atoms with Crippen LogP contribution in [0, 0.1) is 5.82 Å². The van der Waals surface area contributed by atoms with Crippen molar-refractivity contribution < 1.29 is 4.39 Å². The van der Waals surface area contributed by atoms with Crippen molar-refractivity contribution in [2.45, 2.75) is 18.9 Å². The summed E-state index contributed by atoms with van der Waals surface area (Å²) in [4.78, 5) is 8.13. The Balaban J connectivity index is 2.00. The number of hydrogen-bond acceptors (Lipinski definition) is 2. The summed E-state index contributed by atoms with van der Waals surface area (Å²) in [5.41, 5.74) is 2.66. The number of halogens is 2. The van der Waals surface area contributed by atoms with Crippen LogP contribution in [0.3, 0.4) is 0 Å². The number of rotatable bonds is 2. The van der Waals surface area contributed by atoms with Gasteiger partial charge in [0.1, 0.15) is 5.82 Å². The third kappa shape index (κ3) is 1.88. The van der Waals surface area contributed by atoms with Crippen molar-refractivity contribution in [3.05, 3.63) is 47.8 Å². The number of aromatic nitrogens is 3. The summed E-state index contributed by atoms with van der Waals surface area (Å²) < 4.78 is 15.8. The molecule has 1 aliphatic carbocycles. The summed E-state index contributed by atoms with van der Waals surface area (Å²) in [7, 11) is 0. The molecule has 0 atom stereocenters. The molecule has 0 N–H and O–H groups in total. The number of hydrogen-bond donors (Lipinski definition) is 0. The van der Waals surface area contributed by atoms with Crippen LogP contribution in [0.1, 0.15) is 18.9 Å². The summed E-state index contributed by atoms with van der Waals surface area (Å²) in [5.74, 6) is -0.243. The fraction of sp³-hybridized carbons (Fsp3) is 0.200. The maximum Gasteiger partial charge on any atom is 0.222 e. The highest BCUT2D eigenvalue weighted by molar-refractivity contribution is 6.28. The van der Waals surface area contributed by atoms with Crippen molar-refractivity contribution in [2.24, 2.45) is 0 Å². The predicted molar refractivity (Wildman–Crippen MR) is 76.2 cm³/mol. The Morgan fingerprint density at radius 2 is 2.10 bits per heavy atom. The van der Waals surface area contributed by atoms with E-state index >= 15 is 0 Å². The lowest BCUT2D eigenvalue weighted by Crippen LogP contribution is -1.90. The van der Waals surface area contributed by atoms with Gasteiger partial charge in [0.15, 0.2) is 0 Å². The van der Waals surface area contributed by atoms with E-state index in [1.165, 1.54) is 18.9 Å². The van der Waals surface area contributed by atoms with Gasteiger partial charge in [-0.25, -0.2) is 14.4 Å². The monoisotopic (exact) mass is 287 g/mol. The number of benzene rings is 1. The van der Waals surface area contributed by atoms with E-state index in [1.807, 2.05) is 12.3 Å². The van der Waals surface area contributed by atoms with Crippen LogP contribution < -0.4 is 0 Å². The normalized spacial score (nSPS) is 14.9. The smallest absolute Gasteiger partial charge is 0.222 e. The lowest BCUT2D eigenvalue weighted by atomic mass is 10.1. The molecular weight excluding hydrogens is 277 g/mol. The van der Waals surface area contributed by atoms with Crippen molar-refractivity contribution in [3.63, 3.8) is 0 Å². The lowest BCUT2D eigenvalue weighted by molar-refractivity contribution is 0.629. The van der Waals surface area contributed by atoms with Crippen molar-refractivity contribution >= 4 is 22.5 Å². The third-order valence-electron chi connectivity index (χ3n) is 3.64. The maximum atomic E-state index is 13.6. The van der Waals surface area contributed by atoms with Gasteiger partial charge in [0.05, 0.1) is 5.69 Å². The molecule has 2 aromatic heterocycles. The molecule has 1 aromatic carbocycles. The molecule has 3 aromatic rings. The van der Waals surface area contributed by atoms with Gasteiger partial charge >= 0.3 is 0 Å². The summed E-state index contributed by atoms with van der Waals surface area (Å²) in [5, 5.41) is 1.07. The first-order chi connectivity index (χ1) is 9.72. The summed E-state index contributed by atoms with van der Waals surface area (Å²) in [6.07, 6.45) is 6.00. The first-order valence-electron chi connectivity index (χ1n) is 6.51. The van der Waals surface area contributed by atoms with Crippen molar-refractivity contribution in [3.8, 4) is 11.3 Å². The minimum absolute atomic E-state index is 0.200. The second kappa shape index (κ2) is 4.28. The molecule has 5 heteroatoms. The topological polar surface area (TPSA) is 30.7 Å². The molecule has 20 heavy (non-hydrogen) atoms. The molecule has 0 amide bonds. The van der Waals surface area contributed by atoms with Crippen molar-refractivity contribution in [1.29, 1.82) is 0 Å². The summed E-state index contributed by atoms with van der Waals surface area (Å²) in [6.45, 7) is 0. The van der Waals surface area contributed by atoms with Gasteiger partial charge in [-0.1, -0.05) is 0 Å². The Kier molecular flexibility index (Phi) is 2.54. The Morgan fingerprint density at radius 1 is 1.25 bits per heavy atom. The SMILES string of the molecule is Fc1ccc2c(c1)c(-c1ccnc(Cl)n1)cn2C1CC1. The van der Waals surface area contributed by atoms with E-state index in [0.29, 0.717) is 6.04 Å². The molecule has 0 aliphatic heterocycles. The maximum absolute atomic E-state index is 13.6. The highest BCUT2D eigenvalue weighted by atomic mass is 35.5. The highest BCUT2D eigenvalue weighted by Crippen LogP contribution is 2.41. The lowest BCUT2D eigenvalue weighted by Gasteiger charge is -2.01. The third-order valence-corrected chi connectivity index (χ3v) is 3.82. The average molecular weight is 288 g/mol. The van der Waals surface area contributed by atoms with Gasteiger partial charge in [0.25, 0.3) is 0 Å². The molecule has 0 unspecified atom stereocenters. The zero-order chi connectivity index (χ0) is 13.7. The summed E-state index contributed by atoms with van der Waals surface area (Å²) in [6, 6.07) is 7.20. The van der Waals surface area contributed by atoms with Crippen LogP contribution in [0.2, 0.25) is 5.28 Å². The molecule has 1 saturated carbocycles. The van der Waals surface area contributed by atoms with Gasteiger partial charge in [-0.3, -0.25) is 0 Å². The van der Waals surface area contributed by atoms with Crippen LogP contribution in [0.5, 0.6) is 0 Å². The zero-order valence-corrected chi connectivity index (χ0v) is 11.3. The van der Waals surface area contributed by atoms with E-state index in [9.17, 15) is 4.39 Å². The van der Waals surface area contributed by atoms with Crippen LogP contribution in [0.15, 0.2) is 36.7 Å². The highest BCUT2D eigenvalue weighted by Gasteiger charge is 2.26. The number of nitrogens with zero attached hydrogens (tertiary/aromatic N) is 3. The second-order valence-electron chi connectivity index (χ2n) is 5.05. The minimum atomic E-state index is -0.243. The van der Waals surface area contributed by atoms with E-state index in [4.69, 9.17) is 11.6 Å². The molecule has 0 saturated heterocycles. The van der Waals surface area contributed by atoms with E-state index in [0.717, 1.165) is 22.2 Å². The second-order valence-corrected chi connectivity index (χ2v) is 5.39. The molecule has 1 aliphatic rings. The quantitative estimate of drug-likeness (QED) is 0.661. The van der Waals surface area contributed by atoms with Gasteiger partial charge in [0.2, 0.25) is 5.28 Å². The molecule has 3 nitrogen and oxygen atoms in total. The van der Waals surface area contributed by atoms with Crippen molar-refractivity contribution in [2.75, 3.05) is 0 Å². The Hall–Kier alpha value is -1.94. The standard InChI is InChI=1S/C15H11ClFN3/c16-15-18-6-5-13(19-15)12-8-20(10-2-3-10)14-4-1-9(17)7-11(12)14/h1,4-8,10H,2-3H2. The van der Waals surface area contributed by atoms with Gasteiger partial charge in [0, 0.05) is 34.9 Å². The number of fused-ring (bicyclic) bond motifs is 1. The van der Waals surface area contributed by atoms with Crippen LogP contribution >= 0.6 is 11.6 Å². The largest absolute Gasteiger partial charge is 0.344 e. The average Bonchev–Trinajstić information content (AvgIpc) is 3.20. The molecule has 100 valence electrons. The minimum Gasteiger partial charge on any atom is -0.344 e. The molecule has 2 heterocycles. The van der Waals surface area contributed by atoms with Gasteiger partial charge in [-0.2, -0.15) is 0 Å². The Labute approximate surface area is 120 Å². The molecular formula is C15H11ClFN3. The van der Waals surface area contributed by atoms with E-state index < -0.39 is 0 Å². The van der Waals surface area contributed by atoms with Crippen LogP contribution in [-0.4, -0.2) is 14.5 Å². The first kappa shape index (κ1) is 11.9. The molecule has 0 bridgehead atoms. The van der Waals surface area contributed by atoms with Gasteiger partial charge < -0.3 is 4.57 Å². The Bertz CT molecular complexity index is 808.